The van der Waals surface area contributed by atoms with Gasteiger partial charge in [0.05, 0.1) is 24.4 Å². The number of hydrogen-bond donors (Lipinski definition) is 2. The number of rotatable bonds is 5. The molecule has 0 aromatic carbocycles. The van der Waals surface area contributed by atoms with Crippen molar-refractivity contribution in [2.24, 2.45) is 0 Å². The third-order valence-corrected chi connectivity index (χ3v) is 3.38. The van der Waals surface area contributed by atoms with Gasteiger partial charge < -0.3 is 20.1 Å². The highest BCUT2D eigenvalue weighted by Crippen LogP contribution is 2.15. The number of carbonyl (C=O) groups is 1. The van der Waals surface area contributed by atoms with Crippen LogP contribution < -0.4 is 5.32 Å². The number of nitrogens with one attached hydrogen (secondary N) is 1. The Hall–Kier alpha value is -1.66. The monoisotopic (exact) mass is 293 g/mol. The molecule has 116 valence electrons. The molecule has 0 aliphatic carbocycles. The summed E-state index contributed by atoms with van der Waals surface area (Å²) in [4.78, 5) is 18.4. The Kier molecular flexibility index (Phi) is 5.52. The van der Waals surface area contributed by atoms with E-state index in [4.69, 9.17) is 4.74 Å². The molecule has 2 unspecified atom stereocenters. The fourth-order valence-corrected chi connectivity index (χ4v) is 2.37. The van der Waals surface area contributed by atoms with Crippen LogP contribution in [-0.4, -0.2) is 59.3 Å². The summed E-state index contributed by atoms with van der Waals surface area (Å²) < 4.78 is 5.55. The highest BCUT2D eigenvalue weighted by molar-refractivity contribution is 5.94. The first-order valence-electron chi connectivity index (χ1n) is 7.39. The van der Waals surface area contributed by atoms with Gasteiger partial charge in [0.25, 0.3) is 5.91 Å². The molecule has 1 aromatic heterocycles. The van der Waals surface area contributed by atoms with Crippen molar-refractivity contribution >= 4 is 11.7 Å². The largest absolute Gasteiger partial charge is 0.394 e. The number of amides is 1. The van der Waals surface area contributed by atoms with Crippen molar-refractivity contribution in [3.63, 3.8) is 0 Å². The van der Waals surface area contributed by atoms with E-state index in [0.717, 1.165) is 18.8 Å². The Bertz CT molecular complexity index is 464. The minimum absolute atomic E-state index is 0.0710. The number of aromatic nitrogens is 1. The van der Waals surface area contributed by atoms with Gasteiger partial charge in [-0.05, 0) is 25.5 Å². The molecular weight excluding hydrogens is 270 g/mol. The number of pyridine rings is 1. The standard InChI is InChI=1S/C15H23N3O3/c1-3-6-16-14-5-4-12(7-17-14)15(20)18-8-11(2)21-13(9-18)10-19/h4-5,7,11,13,19H,3,6,8-10H2,1-2H3,(H,16,17). The molecule has 0 spiro atoms. The molecule has 1 aliphatic rings. The molecule has 0 radical (unpaired) electrons. The molecule has 1 aromatic rings. The van der Waals surface area contributed by atoms with E-state index in [1.807, 2.05) is 13.0 Å². The van der Waals surface area contributed by atoms with Crippen molar-refractivity contribution in [3.8, 4) is 0 Å². The molecule has 21 heavy (non-hydrogen) atoms. The average molecular weight is 293 g/mol. The van der Waals surface area contributed by atoms with E-state index in [0.29, 0.717) is 18.7 Å². The normalized spacial score (nSPS) is 22.1. The number of hydrogen-bond acceptors (Lipinski definition) is 5. The molecule has 2 heterocycles. The van der Waals surface area contributed by atoms with E-state index in [9.17, 15) is 9.90 Å². The van der Waals surface area contributed by atoms with Gasteiger partial charge in [-0.1, -0.05) is 6.92 Å². The van der Waals surface area contributed by atoms with Gasteiger partial charge in [-0.15, -0.1) is 0 Å². The molecule has 2 N–H and O–H groups in total. The maximum atomic E-state index is 12.5. The summed E-state index contributed by atoms with van der Waals surface area (Å²) >= 11 is 0. The maximum Gasteiger partial charge on any atom is 0.255 e. The Morgan fingerprint density at radius 1 is 1.52 bits per heavy atom. The van der Waals surface area contributed by atoms with E-state index in [1.165, 1.54) is 0 Å². The first kappa shape index (κ1) is 15.7. The topological polar surface area (TPSA) is 74.7 Å². The molecule has 6 heteroatoms. The number of ether oxygens (including phenoxy) is 1. The lowest BCUT2D eigenvalue weighted by Gasteiger charge is -2.36. The van der Waals surface area contributed by atoms with Crippen LogP contribution in [0.5, 0.6) is 0 Å². The second-order valence-corrected chi connectivity index (χ2v) is 5.32. The van der Waals surface area contributed by atoms with Crippen molar-refractivity contribution in [2.45, 2.75) is 32.5 Å². The van der Waals surface area contributed by atoms with Gasteiger partial charge >= 0.3 is 0 Å². The van der Waals surface area contributed by atoms with Gasteiger partial charge in [-0.25, -0.2) is 4.98 Å². The van der Waals surface area contributed by atoms with Gasteiger partial charge in [0, 0.05) is 25.8 Å². The zero-order chi connectivity index (χ0) is 15.2. The Balaban J connectivity index is 2.01. The zero-order valence-electron chi connectivity index (χ0n) is 12.6. The summed E-state index contributed by atoms with van der Waals surface area (Å²) in [6.45, 7) is 5.71. The summed E-state index contributed by atoms with van der Waals surface area (Å²) in [6, 6.07) is 3.59. The average Bonchev–Trinajstić information content (AvgIpc) is 2.52. The minimum Gasteiger partial charge on any atom is -0.394 e. The summed E-state index contributed by atoms with van der Waals surface area (Å²) in [5.41, 5.74) is 0.558. The second kappa shape index (κ2) is 7.38. The van der Waals surface area contributed by atoms with Gasteiger partial charge in [-0.2, -0.15) is 0 Å². The zero-order valence-corrected chi connectivity index (χ0v) is 12.6. The summed E-state index contributed by atoms with van der Waals surface area (Å²) in [6.07, 6.45) is 2.24. The van der Waals surface area contributed by atoms with Crippen LogP contribution in [0, 0.1) is 0 Å². The number of carbonyl (C=O) groups excluding carboxylic acids is 1. The smallest absolute Gasteiger partial charge is 0.255 e. The van der Waals surface area contributed by atoms with Crippen molar-refractivity contribution in [2.75, 3.05) is 31.6 Å². The lowest BCUT2D eigenvalue weighted by molar-refractivity contribution is -0.0858. The van der Waals surface area contributed by atoms with Crippen LogP contribution in [0.3, 0.4) is 0 Å². The molecule has 2 atom stereocenters. The van der Waals surface area contributed by atoms with Crippen LogP contribution in [0.1, 0.15) is 30.6 Å². The Morgan fingerprint density at radius 3 is 2.95 bits per heavy atom. The molecule has 6 nitrogen and oxygen atoms in total. The van der Waals surface area contributed by atoms with E-state index in [2.05, 4.69) is 17.2 Å². The third kappa shape index (κ3) is 4.15. The molecule has 1 saturated heterocycles. The molecule has 0 saturated carbocycles. The number of nitrogens with zero attached hydrogens (tertiary/aromatic N) is 2. The van der Waals surface area contributed by atoms with Gasteiger partial charge in [0.15, 0.2) is 0 Å². The SMILES string of the molecule is CCCNc1ccc(C(=O)N2CC(C)OC(CO)C2)cn1. The highest BCUT2D eigenvalue weighted by atomic mass is 16.5. The third-order valence-electron chi connectivity index (χ3n) is 3.38. The van der Waals surface area contributed by atoms with Crippen LogP contribution in [0.25, 0.3) is 0 Å². The van der Waals surface area contributed by atoms with Crippen molar-refractivity contribution < 1.29 is 14.6 Å². The molecule has 1 fully saturated rings. The van der Waals surface area contributed by atoms with Crippen molar-refractivity contribution in [1.82, 2.24) is 9.88 Å². The lowest BCUT2D eigenvalue weighted by Crippen LogP contribution is -2.50. The number of anilines is 1. The predicted molar refractivity (Wildman–Crippen MR) is 80.3 cm³/mol. The van der Waals surface area contributed by atoms with Gasteiger partial charge in [-0.3, -0.25) is 4.79 Å². The summed E-state index contributed by atoms with van der Waals surface area (Å²) in [7, 11) is 0. The van der Waals surface area contributed by atoms with Crippen molar-refractivity contribution in [3.05, 3.63) is 23.9 Å². The van der Waals surface area contributed by atoms with Gasteiger partial charge in [0.2, 0.25) is 0 Å². The summed E-state index contributed by atoms with van der Waals surface area (Å²) in [5.74, 6) is 0.704. The first-order valence-corrected chi connectivity index (χ1v) is 7.39. The van der Waals surface area contributed by atoms with E-state index in [-0.39, 0.29) is 24.7 Å². The quantitative estimate of drug-likeness (QED) is 0.851. The number of aliphatic hydroxyl groups is 1. The molecule has 0 bridgehead atoms. The van der Waals surface area contributed by atoms with Crippen LogP contribution >= 0.6 is 0 Å². The fourth-order valence-electron chi connectivity index (χ4n) is 2.37. The highest BCUT2D eigenvalue weighted by Gasteiger charge is 2.28. The van der Waals surface area contributed by atoms with Crippen LogP contribution in [0.2, 0.25) is 0 Å². The van der Waals surface area contributed by atoms with Crippen molar-refractivity contribution in [1.29, 1.82) is 0 Å². The fraction of sp³-hybridized carbons (Fsp3) is 0.600. The van der Waals surface area contributed by atoms with E-state index in [1.54, 1.807) is 17.2 Å². The van der Waals surface area contributed by atoms with Gasteiger partial charge in [0.1, 0.15) is 5.82 Å². The molecular formula is C15H23N3O3. The summed E-state index contributed by atoms with van der Waals surface area (Å²) in [5, 5.41) is 12.4. The first-order chi connectivity index (χ1) is 10.1. The maximum absolute atomic E-state index is 12.5. The van der Waals surface area contributed by atoms with E-state index < -0.39 is 0 Å². The number of aliphatic hydroxyl groups excluding tert-OH is 1. The Labute approximate surface area is 125 Å². The molecule has 1 aliphatic heterocycles. The lowest BCUT2D eigenvalue weighted by atomic mass is 10.1. The predicted octanol–water partition coefficient (Wildman–Crippen LogP) is 1.13. The van der Waals surface area contributed by atoms with Crippen LogP contribution in [-0.2, 0) is 4.74 Å². The van der Waals surface area contributed by atoms with E-state index >= 15 is 0 Å². The number of morpholine rings is 1. The van der Waals surface area contributed by atoms with Crippen LogP contribution in [0.4, 0.5) is 5.82 Å². The molecule has 1 amide bonds. The minimum atomic E-state index is -0.309. The second-order valence-electron chi connectivity index (χ2n) is 5.32. The molecule has 2 rings (SSSR count). The van der Waals surface area contributed by atoms with Crippen LogP contribution in [0.15, 0.2) is 18.3 Å². The Morgan fingerprint density at radius 2 is 2.33 bits per heavy atom.